The standard InChI is InChI=1S/C24H32N2OS/c1-19-8-3-5-10-21(19)16-26-14-7-12-22(17-26)24(27)25-13-15-28-18-23-11-6-4-9-20(23)2/h3-6,8-11,22H,7,12-18H2,1-2H3,(H,25,27). The first-order chi connectivity index (χ1) is 13.6. The number of carbonyl (C=O) groups is 1. The summed E-state index contributed by atoms with van der Waals surface area (Å²) in [6.07, 6.45) is 2.11. The van der Waals surface area contributed by atoms with E-state index >= 15 is 0 Å². The highest BCUT2D eigenvalue weighted by Crippen LogP contribution is 2.20. The molecule has 1 saturated heterocycles. The molecule has 0 saturated carbocycles. The van der Waals surface area contributed by atoms with E-state index in [1.807, 2.05) is 11.8 Å². The monoisotopic (exact) mass is 396 g/mol. The highest BCUT2D eigenvalue weighted by atomic mass is 32.2. The zero-order chi connectivity index (χ0) is 19.8. The van der Waals surface area contributed by atoms with Crippen LogP contribution in [0.1, 0.15) is 35.1 Å². The summed E-state index contributed by atoms with van der Waals surface area (Å²) in [5.74, 6) is 2.32. The zero-order valence-electron chi connectivity index (χ0n) is 17.1. The summed E-state index contributed by atoms with van der Waals surface area (Å²) in [6.45, 7) is 7.98. The molecule has 2 aromatic rings. The maximum atomic E-state index is 12.6. The van der Waals surface area contributed by atoms with Gasteiger partial charge in [-0.3, -0.25) is 9.69 Å². The molecule has 1 amide bonds. The van der Waals surface area contributed by atoms with Gasteiger partial charge < -0.3 is 5.32 Å². The molecule has 0 aliphatic carbocycles. The van der Waals surface area contributed by atoms with E-state index in [0.717, 1.165) is 50.5 Å². The Balaban J connectivity index is 1.38. The summed E-state index contributed by atoms with van der Waals surface area (Å²) in [7, 11) is 0. The van der Waals surface area contributed by atoms with Crippen LogP contribution in [0.3, 0.4) is 0 Å². The van der Waals surface area contributed by atoms with Gasteiger partial charge in [0.2, 0.25) is 5.91 Å². The third-order valence-electron chi connectivity index (χ3n) is 5.60. The van der Waals surface area contributed by atoms with E-state index in [1.54, 1.807) is 0 Å². The lowest BCUT2D eigenvalue weighted by Crippen LogP contribution is -2.43. The van der Waals surface area contributed by atoms with E-state index < -0.39 is 0 Å². The fourth-order valence-electron chi connectivity index (χ4n) is 3.79. The van der Waals surface area contributed by atoms with Crippen molar-refractivity contribution in [3.63, 3.8) is 0 Å². The number of amides is 1. The van der Waals surface area contributed by atoms with Gasteiger partial charge in [-0.2, -0.15) is 11.8 Å². The first-order valence-electron chi connectivity index (χ1n) is 10.3. The van der Waals surface area contributed by atoms with Crippen molar-refractivity contribution in [1.29, 1.82) is 0 Å². The lowest BCUT2D eigenvalue weighted by atomic mass is 9.96. The minimum absolute atomic E-state index is 0.124. The summed E-state index contributed by atoms with van der Waals surface area (Å²) >= 11 is 1.89. The third kappa shape index (κ3) is 6.11. The molecule has 0 aromatic heterocycles. The number of benzene rings is 2. The molecule has 0 spiro atoms. The highest BCUT2D eigenvalue weighted by molar-refractivity contribution is 7.98. The third-order valence-corrected chi connectivity index (χ3v) is 6.60. The Morgan fingerprint density at radius 2 is 1.75 bits per heavy atom. The average molecular weight is 397 g/mol. The summed E-state index contributed by atoms with van der Waals surface area (Å²) in [4.78, 5) is 15.0. The smallest absolute Gasteiger partial charge is 0.224 e. The minimum atomic E-state index is 0.124. The Labute approximate surface area is 173 Å². The fraction of sp³-hybridized carbons (Fsp3) is 0.458. The molecule has 3 rings (SSSR count). The predicted molar refractivity (Wildman–Crippen MR) is 120 cm³/mol. The molecule has 1 aliphatic heterocycles. The number of thioether (sulfide) groups is 1. The van der Waals surface area contributed by atoms with Crippen molar-refractivity contribution >= 4 is 17.7 Å². The second-order valence-electron chi connectivity index (χ2n) is 7.77. The number of hydrogen-bond donors (Lipinski definition) is 1. The molecular formula is C24H32N2OS. The van der Waals surface area contributed by atoms with E-state index in [2.05, 4.69) is 72.6 Å². The first-order valence-corrected chi connectivity index (χ1v) is 11.5. The molecule has 1 fully saturated rings. The van der Waals surface area contributed by atoms with Crippen molar-refractivity contribution in [2.24, 2.45) is 5.92 Å². The molecule has 0 radical (unpaired) electrons. The van der Waals surface area contributed by atoms with Crippen molar-refractivity contribution in [2.75, 3.05) is 25.4 Å². The van der Waals surface area contributed by atoms with Crippen LogP contribution in [0, 0.1) is 19.8 Å². The van der Waals surface area contributed by atoms with E-state index in [1.165, 1.54) is 22.3 Å². The fourth-order valence-corrected chi connectivity index (χ4v) is 4.72. The molecule has 1 heterocycles. The second-order valence-corrected chi connectivity index (χ2v) is 8.88. The van der Waals surface area contributed by atoms with Crippen molar-refractivity contribution in [1.82, 2.24) is 10.2 Å². The number of likely N-dealkylation sites (tertiary alicyclic amines) is 1. The molecule has 1 N–H and O–H groups in total. The van der Waals surface area contributed by atoms with Gasteiger partial charge in [-0.1, -0.05) is 48.5 Å². The van der Waals surface area contributed by atoms with Crippen molar-refractivity contribution in [2.45, 2.75) is 39.0 Å². The predicted octanol–water partition coefficient (Wildman–Crippen LogP) is 4.57. The summed E-state index contributed by atoms with van der Waals surface area (Å²) < 4.78 is 0. The van der Waals surface area contributed by atoms with Gasteiger partial charge in [-0.25, -0.2) is 0 Å². The van der Waals surface area contributed by atoms with E-state index in [4.69, 9.17) is 0 Å². The van der Waals surface area contributed by atoms with Gasteiger partial charge in [-0.05, 0) is 55.5 Å². The van der Waals surface area contributed by atoms with Crippen LogP contribution in [0.4, 0.5) is 0 Å². The molecule has 150 valence electrons. The van der Waals surface area contributed by atoms with Crippen LogP contribution in [0.15, 0.2) is 48.5 Å². The Hall–Kier alpha value is -1.78. The SMILES string of the molecule is Cc1ccccc1CSCCNC(=O)C1CCCN(Cc2ccccc2C)C1. The molecule has 3 nitrogen and oxygen atoms in total. The Kier molecular flexibility index (Phi) is 7.99. The van der Waals surface area contributed by atoms with Crippen LogP contribution in [0.5, 0.6) is 0 Å². The van der Waals surface area contributed by atoms with Crippen molar-refractivity contribution < 1.29 is 4.79 Å². The molecule has 0 bridgehead atoms. The van der Waals surface area contributed by atoms with Gasteiger partial charge in [-0.15, -0.1) is 0 Å². The van der Waals surface area contributed by atoms with E-state index in [-0.39, 0.29) is 11.8 Å². The van der Waals surface area contributed by atoms with Crippen molar-refractivity contribution in [3.8, 4) is 0 Å². The number of nitrogens with one attached hydrogen (secondary N) is 1. The van der Waals surface area contributed by atoms with Gasteiger partial charge in [0.25, 0.3) is 0 Å². The largest absolute Gasteiger partial charge is 0.355 e. The van der Waals surface area contributed by atoms with Crippen molar-refractivity contribution in [3.05, 3.63) is 70.8 Å². The lowest BCUT2D eigenvalue weighted by Gasteiger charge is -2.32. The molecule has 4 heteroatoms. The molecular weight excluding hydrogens is 364 g/mol. The number of hydrogen-bond acceptors (Lipinski definition) is 3. The van der Waals surface area contributed by atoms with E-state index in [0.29, 0.717) is 0 Å². The molecule has 28 heavy (non-hydrogen) atoms. The van der Waals surface area contributed by atoms with Crippen LogP contribution in [-0.4, -0.2) is 36.2 Å². The van der Waals surface area contributed by atoms with Gasteiger partial charge >= 0.3 is 0 Å². The quantitative estimate of drug-likeness (QED) is 0.664. The highest BCUT2D eigenvalue weighted by Gasteiger charge is 2.25. The normalized spacial score (nSPS) is 17.4. The Morgan fingerprint density at radius 1 is 1.07 bits per heavy atom. The molecule has 2 aromatic carbocycles. The maximum Gasteiger partial charge on any atom is 0.224 e. The van der Waals surface area contributed by atoms with Crippen LogP contribution in [-0.2, 0) is 17.1 Å². The Morgan fingerprint density at radius 3 is 2.46 bits per heavy atom. The number of piperidine rings is 1. The van der Waals surface area contributed by atoms with Crippen LogP contribution in [0.25, 0.3) is 0 Å². The maximum absolute atomic E-state index is 12.6. The average Bonchev–Trinajstić information content (AvgIpc) is 2.71. The van der Waals surface area contributed by atoms with Gasteiger partial charge in [0.05, 0.1) is 5.92 Å². The van der Waals surface area contributed by atoms with E-state index in [9.17, 15) is 4.79 Å². The summed E-state index contributed by atoms with van der Waals surface area (Å²) in [6, 6.07) is 17.1. The van der Waals surface area contributed by atoms with Gasteiger partial charge in [0, 0.05) is 31.1 Å². The number of rotatable bonds is 8. The van der Waals surface area contributed by atoms with Gasteiger partial charge in [0.15, 0.2) is 0 Å². The zero-order valence-corrected chi connectivity index (χ0v) is 17.9. The van der Waals surface area contributed by atoms with Gasteiger partial charge in [0.1, 0.15) is 0 Å². The number of aryl methyl sites for hydroxylation is 2. The molecule has 1 atom stereocenters. The lowest BCUT2D eigenvalue weighted by molar-refractivity contribution is -0.126. The van der Waals surface area contributed by atoms with Crippen LogP contribution < -0.4 is 5.32 Å². The minimum Gasteiger partial charge on any atom is -0.355 e. The molecule has 1 aliphatic rings. The second kappa shape index (κ2) is 10.7. The van der Waals surface area contributed by atoms with Crippen LogP contribution in [0.2, 0.25) is 0 Å². The van der Waals surface area contributed by atoms with Crippen LogP contribution >= 0.6 is 11.8 Å². The summed E-state index contributed by atoms with van der Waals surface area (Å²) in [5, 5.41) is 3.16. The first kappa shape index (κ1) is 20.9. The summed E-state index contributed by atoms with van der Waals surface area (Å²) in [5.41, 5.74) is 5.43. The Bertz CT molecular complexity index is 777. The number of carbonyl (C=O) groups excluding carboxylic acids is 1. The molecule has 1 unspecified atom stereocenters. The topological polar surface area (TPSA) is 32.3 Å². The number of nitrogens with zero attached hydrogens (tertiary/aromatic N) is 1.